The maximum Gasteiger partial charge on any atom is 0.243 e. The number of benzene rings is 2. The summed E-state index contributed by atoms with van der Waals surface area (Å²) in [6, 6.07) is 10.2. The molecule has 6 nitrogen and oxygen atoms in total. The van der Waals surface area contributed by atoms with E-state index in [1.54, 1.807) is 24.3 Å². The van der Waals surface area contributed by atoms with Crippen molar-refractivity contribution >= 4 is 23.3 Å². The number of nitrogens with one attached hydrogen (secondary N) is 1. The summed E-state index contributed by atoms with van der Waals surface area (Å²) < 4.78 is 28.9. The minimum absolute atomic E-state index is 0.0470. The Kier molecular flexibility index (Phi) is 3.77. The first kappa shape index (κ1) is 18.1. The van der Waals surface area contributed by atoms with Crippen molar-refractivity contribution in [2.75, 3.05) is 16.8 Å². The second-order valence-corrected chi connectivity index (χ2v) is 7.16. The number of carbonyl (C=O) groups is 2. The molecule has 2 aliphatic heterocycles. The van der Waals surface area contributed by atoms with Crippen LogP contribution in [0.3, 0.4) is 0 Å². The van der Waals surface area contributed by atoms with Gasteiger partial charge < -0.3 is 5.32 Å². The van der Waals surface area contributed by atoms with Gasteiger partial charge in [0.2, 0.25) is 11.8 Å². The predicted octanol–water partition coefficient (Wildman–Crippen LogP) is 2.76. The fourth-order valence-electron chi connectivity index (χ4n) is 4.33. The van der Waals surface area contributed by atoms with Crippen LogP contribution in [0.25, 0.3) is 5.69 Å². The lowest BCUT2D eigenvalue weighted by Gasteiger charge is -2.32. The minimum atomic E-state index is -1.32. The molecule has 148 valence electrons. The number of hydrogen-bond acceptors (Lipinski definition) is 3. The van der Waals surface area contributed by atoms with Crippen molar-refractivity contribution in [2.45, 2.75) is 11.8 Å². The summed E-state index contributed by atoms with van der Waals surface area (Å²) in [7, 11) is 0. The Hall–Kier alpha value is -3.99. The number of amides is 2. The molecule has 0 radical (unpaired) electrons. The van der Waals surface area contributed by atoms with Crippen molar-refractivity contribution in [3.05, 3.63) is 71.4 Å². The molecule has 0 unspecified atom stereocenters. The summed E-state index contributed by atoms with van der Waals surface area (Å²) in [5, 5.41) is 6.91. The van der Waals surface area contributed by atoms with E-state index in [0.29, 0.717) is 16.8 Å². The Labute approximate surface area is 170 Å². The molecule has 1 N–H and O–H groups in total. The number of anilines is 2. The van der Waals surface area contributed by atoms with Crippen LogP contribution in [0.4, 0.5) is 20.3 Å². The van der Waals surface area contributed by atoms with Gasteiger partial charge in [0.1, 0.15) is 22.7 Å². The lowest BCUT2D eigenvalue weighted by atomic mass is 9.72. The molecule has 1 aromatic heterocycles. The van der Waals surface area contributed by atoms with E-state index in [0.717, 1.165) is 12.1 Å². The minimum Gasteiger partial charge on any atom is -0.310 e. The van der Waals surface area contributed by atoms with Crippen LogP contribution in [0.15, 0.2) is 48.7 Å². The van der Waals surface area contributed by atoms with Crippen LogP contribution in [-0.2, 0) is 15.0 Å². The summed E-state index contributed by atoms with van der Waals surface area (Å²) in [6.45, 7) is 0.0509. The number of hydrogen-bond donors (Lipinski definition) is 1. The van der Waals surface area contributed by atoms with E-state index in [9.17, 15) is 18.4 Å². The van der Waals surface area contributed by atoms with Gasteiger partial charge in [0.15, 0.2) is 5.82 Å². The first-order valence-electron chi connectivity index (χ1n) is 9.16. The van der Waals surface area contributed by atoms with E-state index in [1.807, 2.05) is 0 Å². The van der Waals surface area contributed by atoms with Gasteiger partial charge in [-0.3, -0.25) is 14.5 Å². The second-order valence-electron chi connectivity index (χ2n) is 7.16. The summed E-state index contributed by atoms with van der Waals surface area (Å²) in [6.07, 6.45) is 6.77. The first-order chi connectivity index (χ1) is 14.5. The molecule has 0 saturated heterocycles. The zero-order chi connectivity index (χ0) is 21.0. The normalized spacial score (nSPS) is 19.4. The van der Waals surface area contributed by atoms with Gasteiger partial charge >= 0.3 is 0 Å². The van der Waals surface area contributed by atoms with Crippen LogP contribution in [-0.4, -0.2) is 28.1 Å². The largest absolute Gasteiger partial charge is 0.310 e. The molecule has 1 atom stereocenters. The van der Waals surface area contributed by atoms with Crippen LogP contribution >= 0.6 is 0 Å². The van der Waals surface area contributed by atoms with Crippen molar-refractivity contribution in [1.29, 1.82) is 0 Å². The molecule has 0 fully saturated rings. The molecule has 0 aliphatic carbocycles. The summed E-state index contributed by atoms with van der Waals surface area (Å²) in [5.74, 6) is 0.315. The van der Waals surface area contributed by atoms with Crippen LogP contribution in [0, 0.1) is 24.0 Å². The fraction of sp³-hybridized carbons (Fsp3) is 0.136. The number of para-hydroxylation sites is 1. The van der Waals surface area contributed by atoms with E-state index in [4.69, 9.17) is 6.42 Å². The molecular weight excluding hydrogens is 390 g/mol. The van der Waals surface area contributed by atoms with E-state index >= 15 is 0 Å². The number of nitrogens with zero attached hydrogens (tertiary/aromatic N) is 3. The molecule has 2 amide bonds. The standard InChI is InChI=1S/C22H14F2N4O2/c1-2-9-27-17-6-4-3-5-14(17)22(21(27)30)11-19(29)26-20-15(22)12-25-28(20)18-8-7-13(23)10-16(18)24/h1,3-8,10,12H,9,11H2,(H,26,29)/t22-/m0/s1. The smallest absolute Gasteiger partial charge is 0.243 e. The van der Waals surface area contributed by atoms with E-state index in [1.165, 1.54) is 21.8 Å². The molecule has 0 saturated carbocycles. The Balaban J connectivity index is 1.76. The lowest BCUT2D eigenvalue weighted by Crippen LogP contribution is -2.46. The van der Waals surface area contributed by atoms with E-state index in [-0.39, 0.29) is 30.4 Å². The van der Waals surface area contributed by atoms with Gasteiger partial charge in [-0.2, -0.15) is 5.10 Å². The van der Waals surface area contributed by atoms with Gasteiger partial charge in [-0.25, -0.2) is 13.5 Å². The van der Waals surface area contributed by atoms with Gasteiger partial charge in [-0.05, 0) is 23.8 Å². The van der Waals surface area contributed by atoms with Crippen molar-refractivity contribution in [1.82, 2.24) is 9.78 Å². The highest BCUT2D eigenvalue weighted by molar-refractivity contribution is 6.16. The molecule has 5 rings (SSSR count). The quantitative estimate of drug-likeness (QED) is 0.668. The van der Waals surface area contributed by atoms with Gasteiger partial charge in [0.05, 0.1) is 12.7 Å². The molecule has 3 aromatic rings. The number of aromatic nitrogens is 2. The number of terminal acetylenes is 1. The molecule has 8 heteroatoms. The van der Waals surface area contributed by atoms with Gasteiger partial charge in [-0.15, -0.1) is 6.42 Å². The Morgan fingerprint density at radius 3 is 2.70 bits per heavy atom. The highest BCUT2D eigenvalue weighted by Crippen LogP contribution is 2.52. The van der Waals surface area contributed by atoms with Crippen LogP contribution in [0.1, 0.15) is 17.5 Å². The zero-order valence-electron chi connectivity index (χ0n) is 15.5. The zero-order valence-corrected chi connectivity index (χ0v) is 15.5. The third kappa shape index (κ3) is 2.26. The van der Waals surface area contributed by atoms with E-state index < -0.39 is 23.0 Å². The molecule has 2 aliphatic rings. The van der Waals surface area contributed by atoms with Crippen molar-refractivity contribution in [3.8, 4) is 18.0 Å². The molecule has 2 aromatic carbocycles. The highest BCUT2D eigenvalue weighted by Gasteiger charge is 2.57. The third-order valence-corrected chi connectivity index (χ3v) is 5.56. The molecule has 3 heterocycles. The Bertz CT molecular complexity index is 1280. The average molecular weight is 404 g/mol. The second kappa shape index (κ2) is 6.26. The average Bonchev–Trinajstić information content (AvgIpc) is 3.23. The Morgan fingerprint density at radius 2 is 1.93 bits per heavy atom. The van der Waals surface area contributed by atoms with Crippen molar-refractivity contribution in [2.24, 2.45) is 0 Å². The SMILES string of the molecule is C#CCN1C(=O)[C@@]2(CC(=O)Nc3c2cnn3-c2ccc(F)cc2F)c2ccccc21. The van der Waals surface area contributed by atoms with Gasteiger partial charge in [0, 0.05) is 23.7 Å². The number of fused-ring (bicyclic) bond motifs is 4. The summed E-state index contributed by atoms with van der Waals surface area (Å²) >= 11 is 0. The van der Waals surface area contributed by atoms with Gasteiger partial charge in [-0.1, -0.05) is 24.1 Å². The number of carbonyl (C=O) groups excluding carboxylic acids is 2. The summed E-state index contributed by atoms with van der Waals surface area (Å²) in [5.41, 5.74) is 0.333. The fourth-order valence-corrected chi connectivity index (χ4v) is 4.33. The Morgan fingerprint density at radius 1 is 1.13 bits per heavy atom. The highest BCUT2D eigenvalue weighted by atomic mass is 19.1. The lowest BCUT2D eigenvalue weighted by molar-refractivity contribution is -0.126. The van der Waals surface area contributed by atoms with Crippen molar-refractivity contribution in [3.63, 3.8) is 0 Å². The molecule has 30 heavy (non-hydrogen) atoms. The van der Waals surface area contributed by atoms with Crippen molar-refractivity contribution < 1.29 is 18.4 Å². The first-order valence-corrected chi connectivity index (χ1v) is 9.16. The van der Waals surface area contributed by atoms with Crippen LogP contribution in [0.5, 0.6) is 0 Å². The maximum absolute atomic E-state index is 14.4. The number of rotatable bonds is 2. The van der Waals surface area contributed by atoms with E-state index in [2.05, 4.69) is 16.3 Å². The number of halogens is 2. The predicted molar refractivity (Wildman–Crippen MR) is 105 cm³/mol. The van der Waals surface area contributed by atoms with Gasteiger partial charge in [0.25, 0.3) is 0 Å². The monoisotopic (exact) mass is 404 g/mol. The summed E-state index contributed by atoms with van der Waals surface area (Å²) in [4.78, 5) is 27.8. The molecular formula is C22H14F2N4O2. The molecule has 0 bridgehead atoms. The van der Waals surface area contributed by atoms with Crippen LogP contribution < -0.4 is 10.2 Å². The topological polar surface area (TPSA) is 67.2 Å². The molecule has 1 spiro atoms. The third-order valence-electron chi connectivity index (χ3n) is 5.56. The maximum atomic E-state index is 14.4. The van der Waals surface area contributed by atoms with Crippen LogP contribution in [0.2, 0.25) is 0 Å².